The van der Waals surface area contributed by atoms with Crippen molar-refractivity contribution in [2.75, 3.05) is 14.2 Å². The number of thioether (sulfide) groups is 1. The Hall–Kier alpha value is -2.02. The molecule has 0 radical (unpaired) electrons. The average Bonchev–Trinajstić information content (AvgIpc) is 2.79. The van der Waals surface area contributed by atoms with Gasteiger partial charge in [0.05, 0.1) is 31.6 Å². The van der Waals surface area contributed by atoms with Crippen molar-refractivity contribution in [2.45, 2.75) is 11.7 Å². The zero-order valence-electron chi connectivity index (χ0n) is 11.1. The lowest BCUT2D eigenvalue weighted by Crippen LogP contribution is -2.26. The van der Waals surface area contributed by atoms with Gasteiger partial charge in [0.15, 0.2) is 0 Å². The lowest BCUT2D eigenvalue weighted by molar-refractivity contribution is -0.140. The van der Waals surface area contributed by atoms with Gasteiger partial charge in [-0.15, -0.1) is 0 Å². The van der Waals surface area contributed by atoms with Crippen molar-refractivity contribution >= 4 is 34.5 Å². The van der Waals surface area contributed by atoms with E-state index in [9.17, 15) is 9.59 Å². The second kappa shape index (κ2) is 6.42. The van der Waals surface area contributed by atoms with E-state index in [1.807, 2.05) is 0 Å². The first-order chi connectivity index (χ1) is 9.62. The molecule has 0 spiro atoms. The summed E-state index contributed by atoms with van der Waals surface area (Å²) in [7, 11) is 2.90. The SMILES string of the molecule is COC(=O)C[C@H]1SC(=O)NC1=Nc1ccc(OC)cc1. The van der Waals surface area contributed by atoms with Crippen LogP contribution in [0.15, 0.2) is 29.3 Å². The van der Waals surface area contributed by atoms with Crippen LogP contribution in [-0.2, 0) is 9.53 Å². The zero-order valence-corrected chi connectivity index (χ0v) is 11.9. The van der Waals surface area contributed by atoms with Gasteiger partial charge in [-0.25, -0.2) is 4.99 Å². The van der Waals surface area contributed by atoms with Crippen molar-refractivity contribution < 1.29 is 19.1 Å². The predicted octanol–water partition coefficient (Wildman–Crippen LogP) is 2.11. The van der Waals surface area contributed by atoms with Gasteiger partial charge >= 0.3 is 5.97 Å². The Morgan fingerprint density at radius 2 is 2.05 bits per heavy atom. The quantitative estimate of drug-likeness (QED) is 0.861. The number of ether oxygens (including phenoxy) is 2. The van der Waals surface area contributed by atoms with Gasteiger partial charge < -0.3 is 14.8 Å². The van der Waals surface area contributed by atoms with Gasteiger partial charge in [0, 0.05) is 0 Å². The molecule has 1 aliphatic heterocycles. The Bertz CT molecular complexity index is 542. The highest BCUT2D eigenvalue weighted by molar-refractivity contribution is 8.15. The molecule has 1 aromatic rings. The first-order valence-electron chi connectivity index (χ1n) is 5.89. The van der Waals surface area contributed by atoms with Crippen LogP contribution >= 0.6 is 11.8 Å². The van der Waals surface area contributed by atoms with E-state index in [0.717, 1.165) is 17.5 Å². The standard InChI is InChI=1S/C13H14N2O4S/c1-18-9-5-3-8(4-6-9)14-12-10(7-11(16)19-2)20-13(17)15-12/h3-6,10H,7H2,1-2H3,(H,14,15,17)/t10-/m1/s1. The monoisotopic (exact) mass is 294 g/mol. The molecule has 1 aromatic carbocycles. The van der Waals surface area contributed by atoms with Crippen molar-refractivity contribution in [1.29, 1.82) is 0 Å². The summed E-state index contributed by atoms with van der Waals surface area (Å²) in [6.07, 6.45) is 0.106. The number of rotatable bonds is 4. The maximum Gasteiger partial charge on any atom is 0.307 e. The predicted molar refractivity (Wildman–Crippen MR) is 76.6 cm³/mol. The minimum atomic E-state index is -0.374. The third-order valence-electron chi connectivity index (χ3n) is 2.69. The van der Waals surface area contributed by atoms with Crippen LogP contribution in [0.4, 0.5) is 10.5 Å². The molecule has 0 saturated carbocycles. The smallest absolute Gasteiger partial charge is 0.307 e. The minimum Gasteiger partial charge on any atom is -0.497 e. The summed E-state index contributed by atoms with van der Waals surface area (Å²) < 4.78 is 9.67. The number of hydrogen-bond donors (Lipinski definition) is 1. The number of nitrogens with zero attached hydrogens (tertiary/aromatic N) is 1. The lowest BCUT2D eigenvalue weighted by atomic mass is 10.2. The lowest BCUT2D eigenvalue weighted by Gasteiger charge is -2.07. The molecule has 1 amide bonds. The normalized spacial score (nSPS) is 19.8. The molecule has 0 aliphatic carbocycles. The van der Waals surface area contributed by atoms with Crippen molar-refractivity contribution in [1.82, 2.24) is 5.32 Å². The van der Waals surface area contributed by atoms with E-state index in [2.05, 4.69) is 15.0 Å². The van der Waals surface area contributed by atoms with Crippen LogP contribution in [0.2, 0.25) is 0 Å². The van der Waals surface area contributed by atoms with Gasteiger partial charge in [-0.2, -0.15) is 0 Å². The molecule has 7 heteroatoms. The highest BCUT2D eigenvalue weighted by atomic mass is 32.2. The van der Waals surface area contributed by atoms with Gasteiger partial charge in [0.1, 0.15) is 11.6 Å². The fraction of sp³-hybridized carbons (Fsp3) is 0.308. The summed E-state index contributed by atoms with van der Waals surface area (Å²) in [6.45, 7) is 0. The molecule has 1 atom stereocenters. The number of nitrogens with one attached hydrogen (secondary N) is 1. The van der Waals surface area contributed by atoms with Gasteiger partial charge in [0.2, 0.25) is 0 Å². The van der Waals surface area contributed by atoms with E-state index < -0.39 is 0 Å². The van der Waals surface area contributed by atoms with Crippen LogP contribution in [-0.4, -0.2) is 36.5 Å². The van der Waals surface area contributed by atoms with Gasteiger partial charge in [-0.05, 0) is 24.3 Å². The van der Waals surface area contributed by atoms with Gasteiger partial charge in [-0.1, -0.05) is 11.8 Å². The van der Waals surface area contributed by atoms with E-state index in [1.54, 1.807) is 31.4 Å². The first-order valence-corrected chi connectivity index (χ1v) is 6.77. The van der Waals surface area contributed by atoms with Crippen LogP contribution in [0.25, 0.3) is 0 Å². The Morgan fingerprint density at radius 3 is 2.65 bits per heavy atom. The van der Waals surface area contributed by atoms with Crippen LogP contribution in [0.5, 0.6) is 5.75 Å². The summed E-state index contributed by atoms with van der Waals surface area (Å²) in [5, 5.41) is 2.09. The van der Waals surface area contributed by atoms with Crippen LogP contribution in [0, 0.1) is 0 Å². The van der Waals surface area contributed by atoms with Crippen molar-refractivity contribution in [3.63, 3.8) is 0 Å². The number of aliphatic imine (C=N–C) groups is 1. The van der Waals surface area contributed by atoms with E-state index in [-0.39, 0.29) is 22.9 Å². The molecule has 20 heavy (non-hydrogen) atoms. The largest absolute Gasteiger partial charge is 0.497 e. The maximum absolute atomic E-state index is 11.4. The summed E-state index contributed by atoms with van der Waals surface area (Å²) in [5.41, 5.74) is 0.679. The van der Waals surface area contributed by atoms with Crippen molar-refractivity contribution in [2.24, 2.45) is 4.99 Å². The molecule has 1 saturated heterocycles. The Kier molecular flexibility index (Phi) is 4.62. The number of methoxy groups -OCH3 is 2. The van der Waals surface area contributed by atoms with Crippen LogP contribution in [0.1, 0.15) is 6.42 Å². The molecule has 1 N–H and O–H groups in total. The van der Waals surface area contributed by atoms with Crippen LogP contribution in [0.3, 0.4) is 0 Å². The first kappa shape index (κ1) is 14.4. The fourth-order valence-electron chi connectivity index (χ4n) is 1.67. The fourth-order valence-corrected chi connectivity index (χ4v) is 2.53. The van der Waals surface area contributed by atoms with Crippen molar-refractivity contribution in [3.8, 4) is 5.75 Å². The Morgan fingerprint density at radius 1 is 1.35 bits per heavy atom. The second-order valence-corrected chi connectivity index (χ2v) is 5.17. The topological polar surface area (TPSA) is 77.0 Å². The zero-order chi connectivity index (χ0) is 14.5. The molecule has 1 fully saturated rings. The molecular formula is C13H14N2O4S. The maximum atomic E-state index is 11.4. The number of benzene rings is 1. The number of esters is 1. The number of carbonyl (C=O) groups is 2. The molecule has 1 aliphatic rings. The average molecular weight is 294 g/mol. The number of amidine groups is 1. The Labute approximate surface area is 120 Å². The van der Waals surface area contributed by atoms with Gasteiger partial charge in [-0.3, -0.25) is 9.59 Å². The summed E-state index contributed by atoms with van der Waals surface area (Å²) in [5.74, 6) is 0.821. The molecular weight excluding hydrogens is 280 g/mol. The minimum absolute atomic E-state index is 0.106. The molecule has 106 valence electrons. The van der Waals surface area contributed by atoms with Crippen molar-refractivity contribution in [3.05, 3.63) is 24.3 Å². The summed E-state index contributed by atoms with van der Waals surface area (Å²) in [4.78, 5) is 27.1. The van der Waals surface area contributed by atoms with E-state index in [1.165, 1.54) is 7.11 Å². The third kappa shape index (κ3) is 3.51. The van der Waals surface area contributed by atoms with E-state index >= 15 is 0 Å². The summed E-state index contributed by atoms with van der Waals surface area (Å²) in [6, 6.07) is 7.10. The molecule has 0 bridgehead atoms. The highest BCUT2D eigenvalue weighted by Crippen LogP contribution is 2.26. The molecule has 2 rings (SSSR count). The molecule has 6 nitrogen and oxygen atoms in total. The molecule has 1 heterocycles. The molecule has 0 aromatic heterocycles. The van der Waals surface area contributed by atoms with Gasteiger partial charge in [0.25, 0.3) is 5.24 Å². The third-order valence-corrected chi connectivity index (χ3v) is 3.68. The summed E-state index contributed by atoms with van der Waals surface area (Å²) >= 11 is 1.04. The van der Waals surface area contributed by atoms with E-state index in [4.69, 9.17) is 4.74 Å². The molecule has 0 unspecified atom stereocenters. The Balaban J connectivity index is 2.16. The number of amides is 1. The van der Waals surface area contributed by atoms with Crippen LogP contribution < -0.4 is 10.1 Å². The highest BCUT2D eigenvalue weighted by Gasteiger charge is 2.31. The number of carbonyl (C=O) groups excluding carboxylic acids is 2. The second-order valence-electron chi connectivity index (χ2n) is 3.99. The van der Waals surface area contributed by atoms with E-state index in [0.29, 0.717) is 11.5 Å². The number of hydrogen-bond acceptors (Lipinski definition) is 6.